The van der Waals surface area contributed by atoms with E-state index in [0.717, 1.165) is 16.3 Å². The first kappa shape index (κ1) is 9.96. The van der Waals surface area contributed by atoms with Crippen molar-refractivity contribution in [3.63, 3.8) is 0 Å². The standard InChI is InChI=1S/C9H7ClN2S2/c10-9-2-1-8(3-11-9)14-5-7-4-13-6-12-7/h1-4,6H,5H2. The van der Waals surface area contributed by atoms with Crippen molar-refractivity contribution in [3.8, 4) is 0 Å². The zero-order valence-corrected chi connectivity index (χ0v) is 9.57. The lowest BCUT2D eigenvalue weighted by Gasteiger charge is -1.98. The van der Waals surface area contributed by atoms with Gasteiger partial charge in [0.05, 0.1) is 11.2 Å². The lowest BCUT2D eigenvalue weighted by molar-refractivity contribution is 1.21. The van der Waals surface area contributed by atoms with Gasteiger partial charge < -0.3 is 0 Å². The van der Waals surface area contributed by atoms with Crippen LogP contribution in [0, 0.1) is 0 Å². The molecule has 2 aromatic rings. The van der Waals surface area contributed by atoms with Gasteiger partial charge in [0.15, 0.2) is 0 Å². The second kappa shape index (κ2) is 4.77. The minimum Gasteiger partial charge on any atom is -0.249 e. The fraction of sp³-hybridized carbons (Fsp3) is 0.111. The van der Waals surface area contributed by atoms with Crippen molar-refractivity contribution >= 4 is 34.7 Å². The normalized spacial score (nSPS) is 10.4. The molecule has 5 heteroatoms. The first-order chi connectivity index (χ1) is 6.84. The number of thiazole rings is 1. The highest BCUT2D eigenvalue weighted by atomic mass is 35.5. The Kier molecular flexibility index (Phi) is 3.39. The molecule has 0 N–H and O–H groups in total. The van der Waals surface area contributed by atoms with E-state index in [2.05, 4.69) is 15.3 Å². The molecule has 2 nitrogen and oxygen atoms in total. The molecule has 0 radical (unpaired) electrons. The maximum atomic E-state index is 5.68. The molecule has 0 unspecified atom stereocenters. The molecule has 2 rings (SSSR count). The highest BCUT2D eigenvalue weighted by Crippen LogP contribution is 2.22. The molecule has 0 spiro atoms. The lowest BCUT2D eigenvalue weighted by atomic mass is 10.5. The summed E-state index contributed by atoms with van der Waals surface area (Å²) in [7, 11) is 0. The first-order valence-electron chi connectivity index (χ1n) is 3.96. The van der Waals surface area contributed by atoms with Gasteiger partial charge >= 0.3 is 0 Å². The van der Waals surface area contributed by atoms with Crippen LogP contribution in [0.5, 0.6) is 0 Å². The van der Waals surface area contributed by atoms with Crippen LogP contribution >= 0.6 is 34.7 Å². The quantitative estimate of drug-likeness (QED) is 0.609. The molecule has 0 aromatic carbocycles. The Labute approximate surface area is 95.4 Å². The van der Waals surface area contributed by atoms with Crippen LogP contribution in [-0.4, -0.2) is 9.97 Å². The van der Waals surface area contributed by atoms with Crippen LogP contribution in [0.1, 0.15) is 5.69 Å². The number of nitrogens with zero attached hydrogens (tertiary/aromatic N) is 2. The van der Waals surface area contributed by atoms with Crippen molar-refractivity contribution in [1.29, 1.82) is 0 Å². The monoisotopic (exact) mass is 242 g/mol. The molecule has 0 amide bonds. The van der Waals surface area contributed by atoms with Crippen LogP contribution in [0.3, 0.4) is 0 Å². The van der Waals surface area contributed by atoms with E-state index in [9.17, 15) is 0 Å². The second-order valence-corrected chi connectivity index (χ2v) is 4.74. The summed E-state index contributed by atoms with van der Waals surface area (Å²) < 4.78 is 0. The van der Waals surface area contributed by atoms with E-state index in [0.29, 0.717) is 5.15 Å². The van der Waals surface area contributed by atoms with E-state index < -0.39 is 0 Å². The second-order valence-electron chi connectivity index (χ2n) is 2.59. The molecule has 0 saturated carbocycles. The van der Waals surface area contributed by atoms with Crippen LogP contribution in [0.2, 0.25) is 5.15 Å². The molecule has 0 aliphatic carbocycles. The van der Waals surface area contributed by atoms with Gasteiger partial charge in [0.1, 0.15) is 5.15 Å². The Morgan fingerprint density at radius 3 is 2.93 bits per heavy atom. The summed E-state index contributed by atoms with van der Waals surface area (Å²) >= 11 is 9.01. The van der Waals surface area contributed by atoms with Crippen LogP contribution in [-0.2, 0) is 5.75 Å². The Balaban J connectivity index is 1.95. The van der Waals surface area contributed by atoms with E-state index >= 15 is 0 Å². The van der Waals surface area contributed by atoms with Gasteiger partial charge in [-0.1, -0.05) is 11.6 Å². The number of aromatic nitrogens is 2. The van der Waals surface area contributed by atoms with Gasteiger partial charge in [-0.2, -0.15) is 0 Å². The Hall–Kier alpha value is -0.580. The zero-order valence-electron chi connectivity index (χ0n) is 7.18. The van der Waals surface area contributed by atoms with Gasteiger partial charge in [0, 0.05) is 22.2 Å². The van der Waals surface area contributed by atoms with E-state index in [1.165, 1.54) is 0 Å². The summed E-state index contributed by atoms with van der Waals surface area (Å²) in [5.74, 6) is 0.882. The summed E-state index contributed by atoms with van der Waals surface area (Å²) in [6, 6.07) is 3.76. The molecule has 0 aliphatic heterocycles. The topological polar surface area (TPSA) is 25.8 Å². The molecule has 0 aliphatic rings. The van der Waals surface area contributed by atoms with Crippen molar-refractivity contribution in [2.24, 2.45) is 0 Å². The van der Waals surface area contributed by atoms with Crippen LogP contribution in [0.4, 0.5) is 0 Å². The zero-order chi connectivity index (χ0) is 9.80. The Bertz CT molecular complexity index is 386. The summed E-state index contributed by atoms with van der Waals surface area (Å²) in [4.78, 5) is 9.32. The van der Waals surface area contributed by atoms with Crippen molar-refractivity contribution < 1.29 is 0 Å². The van der Waals surface area contributed by atoms with Gasteiger partial charge in [-0.25, -0.2) is 9.97 Å². The summed E-state index contributed by atoms with van der Waals surface area (Å²) in [5.41, 5.74) is 2.95. The van der Waals surface area contributed by atoms with E-state index in [-0.39, 0.29) is 0 Å². The third-order valence-electron chi connectivity index (χ3n) is 1.57. The largest absolute Gasteiger partial charge is 0.249 e. The fourth-order valence-corrected chi connectivity index (χ4v) is 2.45. The maximum absolute atomic E-state index is 5.68. The highest BCUT2D eigenvalue weighted by molar-refractivity contribution is 7.98. The molecule has 0 bridgehead atoms. The Morgan fingerprint density at radius 2 is 2.29 bits per heavy atom. The number of halogens is 1. The van der Waals surface area contributed by atoms with Crippen LogP contribution < -0.4 is 0 Å². The van der Waals surface area contributed by atoms with Crippen molar-refractivity contribution in [1.82, 2.24) is 9.97 Å². The summed E-state index contributed by atoms with van der Waals surface area (Å²) in [6.45, 7) is 0. The average molecular weight is 243 g/mol. The smallest absolute Gasteiger partial charge is 0.129 e. The van der Waals surface area contributed by atoms with Gasteiger partial charge in [0.2, 0.25) is 0 Å². The summed E-state index contributed by atoms with van der Waals surface area (Å²) in [6.07, 6.45) is 1.78. The van der Waals surface area contributed by atoms with E-state index in [1.54, 1.807) is 35.4 Å². The molecule has 2 heterocycles. The predicted molar refractivity (Wildman–Crippen MR) is 60.9 cm³/mol. The van der Waals surface area contributed by atoms with Crippen molar-refractivity contribution in [3.05, 3.63) is 40.1 Å². The van der Waals surface area contributed by atoms with Crippen molar-refractivity contribution in [2.45, 2.75) is 10.6 Å². The third kappa shape index (κ3) is 2.70. The molecule has 72 valence electrons. The number of hydrogen-bond donors (Lipinski definition) is 0. The van der Waals surface area contributed by atoms with Gasteiger partial charge in [-0.3, -0.25) is 0 Å². The van der Waals surface area contributed by atoms with E-state index in [4.69, 9.17) is 11.6 Å². The molecule has 0 fully saturated rings. The van der Waals surface area contributed by atoms with E-state index in [1.807, 2.05) is 11.6 Å². The first-order valence-corrected chi connectivity index (χ1v) is 6.26. The molecule has 0 saturated heterocycles. The number of rotatable bonds is 3. The number of pyridine rings is 1. The number of hydrogen-bond acceptors (Lipinski definition) is 4. The predicted octanol–water partition coefficient (Wildman–Crippen LogP) is 3.48. The van der Waals surface area contributed by atoms with Crippen LogP contribution in [0.25, 0.3) is 0 Å². The third-order valence-corrected chi connectivity index (χ3v) is 3.44. The molecular formula is C9H7ClN2S2. The molecule has 0 atom stereocenters. The van der Waals surface area contributed by atoms with Gasteiger partial charge in [-0.05, 0) is 12.1 Å². The molecule has 2 aromatic heterocycles. The minimum atomic E-state index is 0.531. The lowest BCUT2D eigenvalue weighted by Crippen LogP contribution is -1.80. The van der Waals surface area contributed by atoms with Gasteiger partial charge in [-0.15, -0.1) is 23.1 Å². The van der Waals surface area contributed by atoms with Crippen molar-refractivity contribution in [2.75, 3.05) is 0 Å². The van der Waals surface area contributed by atoms with Gasteiger partial charge in [0.25, 0.3) is 0 Å². The molecule has 14 heavy (non-hydrogen) atoms. The average Bonchev–Trinajstić information content (AvgIpc) is 2.70. The van der Waals surface area contributed by atoms with Crippen LogP contribution in [0.15, 0.2) is 34.1 Å². The fourth-order valence-electron chi connectivity index (χ4n) is 0.914. The number of thioether (sulfide) groups is 1. The summed E-state index contributed by atoms with van der Waals surface area (Å²) in [5, 5.41) is 2.58. The highest BCUT2D eigenvalue weighted by Gasteiger charge is 1.98. The minimum absolute atomic E-state index is 0.531. The maximum Gasteiger partial charge on any atom is 0.129 e. The SMILES string of the molecule is Clc1ccc(SCc2cscn2)cn1. The Morgan fingerprint density at radius 1 is 1.36 bits per heavy atom. The molecular weight excluding hydrogens is 236 g/mol.